The van der Waals surface area contributed by atoms with Crippen molar-refractivity contribution in [3.05, 3.63) is 34.7 Å². The van der Waals surface area contributed by atoms with Gasteiger partial charge in [-0.25, -0.2) is 4.98 Å². The standard InChI is InChI=1S/C19H25N3O2S/c1-11-7-8-14(9-12(11)2)15-10-25-18(21-15)22-16(23)13(3)20-17(24)19(4,5)6/h7-10,13H,1-6H3,(H,20,24)(H,21,22,23). The van der Waals surface area contributed by atoms with Crippen LogP contribution >= 0.6 is 11.3 Å². The van der Waals surface area contributed by atoms with E-state index in [1.165, 1.54) is 22.5 Å². The van der Waals surface area contributed by atoms with Crippen molar-refractivity contribution < 1.29 is 9.59 Å². The maximum atomic E-state index is 12.3. The molecule has 1 aromatic heterocycles. The maximum absolute atomic E-state index is 12.3. The summed E-state index contributed by atoms with van der Waals surface area (Å²) in [5, 5.41) is 7.92. The van der Waals surface area contributed by atoms with E-state index < -0.39 is 11.5 Å². The van der Waals surface area contributed by atoms with E-state index in [1.807, 2.05) is 32.2 Å². The first-order valence-corrected chi connectivity index (χ1v) is 9.11. The molecule has 2 N–H and O–H groups in total. The van der Waals surface area contributed by atoms with Crippen LogP contribution in [0.2, 0.25) is 0 Å². The van der Waals surface area contributed by atoms with Crippen molar-refractivity contribution in [1.29, 1.82) is 0 Å². The molecule has 1 aromatic carbocycles. The third-order valence-electron chi connectivity index (χ3n) is 3.96. The summed E-state index contributed by atoms with van der Waals surface area (Å²) >= 11 is 1.37. The highest BCUT2D eigenvalue weighted by Crippen LogP contribution is 2.26. The highest BCUT2D eigenvalue weighted by atomic mass is 32.1. The number of anilines is 1. The van der Waals surface area contributed by atoms with E-state index in [0.717, 1.165) is 11.3 Å². The van der Waals surface area contributed by atoms with Gasteiger partial charge >= 0.3 is 0 Å². The maximum Gasteiger partial charge on any atom is 0.248 e. The van der Waals surface area contributed by atoms with Crippen LogP contribution in [0.1, 0.15) is 38.8 Å². The van der Waals surface area contributed by atoms with Gasteiger partial charge in [0.05, 0.1) is 5.69 Å². The smallest absolute Gasteiger partial charge is 0.248 e. The van der Waals surface area contributed by atoms with Crippen LogP contribution in [0.15, 0.2) is 23.6 Å². The Balaban J connectivity index is 2.04. The molecule has 25 heavy (non-hydrogen) atoms. The Morgan fingerprint density at radius 2 is 1.84 bits per heavy atom. The average Bonchev–Trinajstić information content (AvgIpc) is 2.97. The van der Waals surface area contributed by atoms with Crippen LogP contribution in [0.4, 0.5) is 5.13 Å². The molecular formula is C19H25N3O2S. The van der Waals surface area contributed by atoms with Crippen LogP contribution in [0.5, 0.6) is 0 Å². The number of carbonyl (C=O) groups is 2. The first kappa shape index (κ1) is 19.1. The van der Waals surface area contributed by atoms with Crippen molar-refractivity contribution in [2.24, 2.45) is 5.41 Å². The Kier molecular flexibility index (Phi) is 5.62. The van der Waals surface area contributed by atoms with Gasteiger partial charge in [-0.05, 0) is 38.0 Å². The molecule has 1 unspecified atom stereocenters. The molecule has 134 valence electrons. The predicted octanol–water partition coefficient (Wildman–Crippen LogP) is 3.92. The number of carbonyl (C=O) groups excluding carboxylic acids is 2. The lowest BCUT2D eigenvalue weighted by molar-refractivity contribution is -0.131. The summed E-state index contributed by atoms with van der Waals surface area (Å²) in [5.41, 5.74) is 3.75. The first-order chi connectivity index (χ1) is 11.6. The number of nitrogens with one attached hydrogen (secondary N) is 2. The Labute approximate surface area is 152 Å². The molecule has 0 aliphatic heterocycles. The summed E-state index contributed by atoms with van der Waals surface area (Å²) in [7, 11) is 0. The fraction of sp³-hybridized carbons (Fsp3) is 0.421. The molecule has 6 heteroatoms. The zero-order valence-electron chi connectivity index (χ0n) is 15.6. The van der Waals surface area contributed by atoms with Crippen molar-refractivity contribution in [2.75, 3.05) is 5.32 Å². The molecule has 2 rings (SSSR count). The van der Waals surface area contributed by atoms with Crippen LogP contribution < -0.4 is 10.6 Å². The van der Waals surface area contributed by atoms with Gasteiger partial charge in [0.1, 0.15) is 6.04 Å². The van der Waals surface area contributed by atoms with Crippen LogP contribution in [-0.4, -0.2) is 22.8 Å². The molecule has 0 fully saturated rings. The largest absolute Gasteiger partial charge is 0.344 e. The zero-order valence-corrected chi connectivity index (χ0v) is 16.4. The number of benzene rings is 1. The number of aryl methyl sites for hydroxylation is 2. The van der Waals surface area contributed by atoms with Gasteiger partial charge < -0.3 is 10.6 Å². The van der Waals surface area contributed by atoms with E-state index in [0.29, 0.717) is 5.13 Å². The van der Waals surface area contributed by atoms with E-state index >= 15 is 0 Å². The van der Waals surface area contributed by atoms with Crippen molar-refractivity contribution in [3.63, 3.8) is 0 Å². The number of hydrogen-bond acceptors (Lipinski definition) is 4. The van der Waals surface area contributed by atoms with Gasteiger partial charge in [-0.15, -0.1) is 11.3 Å². The predicted molar refractivity (Wildman–Crippen MR) is 103 cm³/mol. The summed E-state index contributed by atoms with van der Waals surface area (Å²) in [6.07, 6.45) is 0. The molecule has 2 amide bonds. The Morgan fingerprint density at radius 3 is 2.44 bits per heavy atom. The molecule has 0 radical (unpaired) electrons. The van der Waals surface area contributed by atoms with E-state index in [4.69, 9.17) is 0 Å². The number of thiazole rings is 1. The van der Waals surface area contributed by atoms with Crippen LogP contribution in [0.25, 0.3) is 11.3 Å². The minimum Gasteiger partial charge on any atom is -0.344 e. The third-order valence-corrected chi connectivity index (χ3v) is 4.72. The monoisotopic (exact) mass is 359 g/mol. The molecule has 1 atom stereocenters. The summed E-state index contributed by atoms with van der Waals surface area (Å²) in [4.78, 5) is 28.7. The van der Waals surface area contributed by atoms with Gasteiger partial charge in [0.25, 0.3) is 0 Å². The number of rotatable bonds is 4. The Bertz CT molecular complexity index is 790. The molecule has 0 saturated heterocycles. The van der Waals surface area contributed by atoms with Crippen LogP contribution in [-0.2, 0) is 9.59 Å². The zero-order chi connectivity index (χ0) is 18.8. The molecule has 0 aliphatic carbocycles. The number of nitrogens with zero attached hydrogens (tertiary/aromatic N) is 1. The van der Waals surface area contributed by atoms with Gasteiger partial charge in [0, 0.05) is 16.4 Å². The highest BCUT2D eigenvalue weighted by molar-refractivity contribution is 7.14. The van der Waals surface area contributed by atoms with Crippen LogP contribution in [0, 0.1) is 19.3 Å². The van der Waals surface area contributed by atoms with Crippen molar-refractivity contribution >= 4 is 28.3 Å². The van der Waals surface area contributed by atoms with E-state index in [-0.39, 0.29) is 11.8 Å². The molecule has 5 nitrogen and oxygen atoms in total. The SMILES string of the molecule is Cc1ccc(-c2csc(NC(=O)C(C)NC(=O)C(C)(C)C)n2)cc1C. The summed E-state index contributed by atoms with van der Waals surface area (Å²) in [6.45, 7) is 11.2. The fourth-order valence-corrected chi connectivity index (χ4v) is 2.78. The van der Waals surface area contributed by atoms with Crippen LogP contribution in [0.3, 0.4) is 0 Å². The van der Waals surface area contributed by atoms with Gasteiger partial charge in [-0.3, -0.25) is 9.59 Å². The lowest BCUT2D eigenvalue weighted by atomic mass is 9.95. The molecule has 0 bridgehead atoms. The molecule has 0 saturated carbocycles. The second-order valence-corrected chi connectivity index (χ2v) is 8.13. The summed E-state index contributed by atoms with van der Waals surface area (Å²) in [5.74, 6) is -0.441. The van der Waals surface area contributed by atoms with Gasteiger partial charge in [0.15, 0.2) is 5.13 Å². The molecule has 0 aliphatic rings. The number of amides is 2. The van der Waals surface area contributed by atoms with Gasteiger partial charge in [0.2, 0.25) is 11.8 Å². The number of aromatic nitrogens is 1. The fourth-order valence-electron chi connectivity index (χ4n) is 2.06. The highest BCUT2D eigenvalue weighted by Gasteiger charge is 2.25. The van der Waals surface area contributed by atoms with Crippen molar-refractivity contribution in [2.45, 2.75) is 47.6 Å². The van der Waals surface area contributed by atoms with E-state index in [1.54, 1.807) is 6.92 Å². The Morgan fingerprint density at radius 1 is 1.16 bits per heavy atom. The number of hydrogen-bond donors (Lipinski definition) is 2. The lowest BCUT2D eigenvalue weighted by Crippen LogP contribution is -2.46. The lowest BCUT2D eigenvalue weighted by Gasteiger charge is -2.21. The summed E-state index contributed by atoms with van der Waals surface area (Å²) in [6, 6.07) is 5.55. The molecule has 0 spiro atoms. The quantitative estimate of drug-likeness (QED) is 0.869. The summed E-state index contributed by atoms with van der Waals surface area (Å²) < 4.78 is 0. The van der Waals surface area contributed by atoms with Gasteiger partial charge in [-0.1, -0.05) is 32.9 Å². The Hall–Kier alpha value is -2.21. The van der Waals surface area contributed by atoms with E-state index in [2.05, 4.69) is 41.6 Å². The molecule has 2 aromatic rings. The van der Waals surface area contributed by atoms with Crippen molar-refractivity contribution in [1.82, 2.24) is 10.3 Å². The second kappa shape index (κ2) is 7.35. The van der Waals surface area contributed by atoms with Crippen molar-refractivity contribution in [3.8, 4) is 11.3 Å². The first-order valence-electron chi connectivity index (χ1n) is 8.23. The molecule has 1 heterocycles. The average molecular weight is 359 g/mol. The topological polar surface area (TPSA) is 71.1 Å². The minimum absolute atomic E-state index is 0.162. The van der Waals surface area contributed by atoms with E-state index in [9.17, 15) is 9.59 Å². The van der Waals surface area contributed by atoms with Gasteiger partial charge in [-0.2, -0.15) is 0 Å². The minimum atomic E-state index is -0.624. The molecular weight excluding hydrogens is 334 g/mol. The second-order valence-electron chi connectivity index (χ2n) is 7.27. The normalized spacial score (nSPS) is 12.6. The third kappa shape index (κ3) is 4.89.